The van der Waals surface area contributed by atoms with Crippen LogP contribution in [0.5, 0.6) is 0 Å². The van der Waals surface area contributed by atoms with Crippen LogP contribution in [0.25, 0.3) is 0 Å². The molecule has 0 radical (unpaired) electrons. The Morgan fingerprint density at radius 2 is 2.33 bits per heavy atom. The third-order valence-electron chi connectivity index (χ3n) is 2.28. The highest BCUT2D eigenvalue weighted by molar-refractivity contribution is 8.16. The summed E-state index contributed by atoms with van der Waals surface area (Å²) in [7, 11) is 0. The van der Waals surface area contributed by atoms with Crippen LogP contribution in [0.3, 0.4) is 0 Å². The molecule has 0 fully saturated rings. The molecule has 1 atom stereocenters. The Hall–Kier alpha value is -0.510. The molecule has 0 aliphatic carbocycles. The lowest BCUT2D eigenvalue weighted by Crippen LogP contribution is -2.29. The first-order chi connectivity index (χ1) is 5.46. The molecule has 0 saturated carbocycles. The van der Waals surface area contributed by atoms with Gasteiger partial charge in [0.15, 0.2) is 5.04 Å². The number of carboxylic acid groups (broad SMARTS) is 1. The monoisotopic (exact) mass is 187 g/mol. The summed E-state index contributed by atoms with van der Waals surface area (Å²) in [5.41, 5.74) is -0.182. The third kappa shape index (κ3) is 1.63. The van der Waals surface area contributed by atoms with Crippen LogP contribution >= 0.6 is 11.8 Å². The van der Waals surface area contributed by atoms with Crippen LogP contribution in [0.15, 0.2) is 4.99 Å². The van der Waals surface area contributed by atoms with E-state index < -0.39 is 5.97 Å². The van der Waals surface area contributed by atoms with E-state index in [1.165, 1.54) is 11.8 Å². The number of nitrogens with zero attached hydrogens (tertiary/aromatic N) is 1. The maximum atomic E-state index is 10.6. The van der Waals surface area contributed by atoms with Gasteiger partial charge in [0, 0.05) is 5.75 Å². The lowest BCUT2D eigenvalue weighted by molar-refractivity contribution is -0.129. The van der Waals surface area contributed by atoms with E-state index in [-0.39, 0.29) is 10.6 Å². The van der Waals surface area contributed by atoms with Gasteiger partial charge in [0.1, 0.15) is 0 Å². The number of aliphatic imine (C=N–C) groups is 1. The number of thioether (sulfide) groups is 1. The Kier molecular flexibility index (Phi) is 2.46. The largest absolute Gasteiger partial charge is 0.476 e. The molecule has 0 spiro atoms. The Bertz CT molecular complexity index is 237. The predicted octanol–water partition coefficient (Wildman–Crippen LogP) is 1.63. The smallest absolute Gasteiger partial charge is 0.360 e. The van der Waals surface area contributed by atoms with Gasteiger partial charge in [-0.05, 0) is 12.8 Å². The van der Waals surface area contributed by atoms with Gasteiger partial charge in [-0.2, -0.15) is 0 Å². The Balaban J connectivity index is 2.82. The number of carboxylic acids is 1. The topological polar surface area (TPSA) is 49.7 Å². The highest BCUT2D eigenvalue weighted by Gasteiger charge is 2.35. The molecular weight excluding hydrogens is 174 g/mol. The minimum absolute atomic E-state index is 0.182. The van der Waals surface area contributed by atoms with Gasteiger partial charge in [0.2, 0.25) is 0 Å². The molecule has 0 saturated heterocycles. The van der Waals surface area contributed by atoms with E-state index in [0.717, 1.165) is 5.75 Å². The molecule has 0 amide bonds. The van der Waals surface area contributed by atoms with Crippen molar-refractivity contribution in [1.82, 2.24) is 0 Å². The zero-order valence-electron chi connectivity index (χ0n) is 7.50. The zero-order chi connectivity index (χ0) is 9.35. The summed E-state index contributed by atoms with van der Waals surface area (Å²) >= 11 is 1.34. The van der Waals surface area contributed by atoms with Crippen molar-refractivity contribution in [2.75, 3.05) is 5.75 Å². The number of carbonyl (C=O) groups is 1. The van der Waals surface area contributed by atoms with Crippen LogP contribution in [-0.4, -0.2) is 27.4 Å². The van der Waals surface area contributed by atoms with Crippen LogP contribution in [0.4, 0.5) is 0 Å². The molecule has 12 heavy (non-hydrogen) atoms. The summed E-state index contributed by atoms with van der Waals surface area (Å²) in [6, 6.07) is 0. The highest BCUT2D eigenvalue weighted by atomic mass is 32.2. The van der Waals surface area contributed by atoms with E-state index in [1.54, 1.807) is 0 Å². The minimum Gasteiger partial charge on any atom is -0.476 e. The average Bonchev–Trinajstić information content (AvgIpc) is 2.33. The summed E-state index contributed by atoms with van der Waals surface area (Å²) in [6.45, 7) is 6.13. The standard InChI is InChI=1S/C8H13NO2S/c1-5(2)8(3)4-12-6(9-8)7(10)11/h5H,4H2,1-3H3,(H,10,11). The molecular formula is C8H13NO2S. The predicted molar refractivity (Wildman–Crippen MR) is 50.8 cm³/mol. The second-order valence-electron chi connectivity index (χ2n) is 3.52. The summed E-state index contributed by atoms with van der Waals surface area (Å²) in [6.07, 6.45) is 0. The van der Waals surface area contributed by atoms with Crippen LogP contribution < -0.4 is 0 Å². The highest BCUT2D eigenvalue weighted by Crippen LogP contribution is 2.33. The minimum atomic E-state index is -0.899. The molecule has 0 aromatic heterocycles. The van der Waals surface area contributed by atoms with Crippen molar-refractivity contribution in [2.24, 2.45) is 10.9 Å². The summed E-state index contributed by atoms with van der Waals surface area (Å²) in [4.78, 5) is 14.8. The van der Waals surface area contributed by atoms with Gasteiger partial charge in [-0.3, -0.25) is 4.99 Å². The SMILES string of the molecule is CC(C)C1(C)CSC(C(=O)O)=N1. The molecule has 1 N–H and O–H groups in total. The maximum Gasteiger partial charge on any atom is 0.360 e. The first-order valence-electron chi connectivity index (χ1n) is 3.91. The van der Waals surface area contributed by atoms with Crippen molar-refractivity contribution in [2.45, 2.75) is 26.3 Å². The molecule has 3 nitrogen and oxygen atoms in total. The molecule has 1 unspecified atom stereocenters. The lowest BCUT2D eigenvalue weighted by Gasteiger charge is -2.23. The third-order valence-corrected chi connectivity index (χ3v) is 3.55. The number of hydrogen-bond acceptors (Lipinski definition) is 3. The molecule has 68 valence electrons. The van der Waals surface area contributed by atoms with Gasteiger partial charge in [-0.15, -0.1) is 0 Å². The number of rotatable bonds is 2. The molecule has 1 aliphatic rings. The first-order valence-corrected chi connectivity index (χ1v) is 4.90. The van der Waals surface area contributed by atoms with E-state index in [2.05, 4.69) is 18.8 Å². The van der Waals surface area contributed by atoms with Gasteiger partial charge < -0.3 is 5.11 Å². The van der Waals surface area contributed by atoms with E-state index in [1.807, 2.05) is 6.92 Å². The van der Waals surface area contributed by atoms with Gasteiger partial charge in [0.25, 0.3) is 0 Å². The van der Waals surface area contributed by atoms with Crippen molar-refractivity contribution >= 4 is 22.8 Å². The van der Waals surface area contributed by atoms with Crippen molar-refractivity contribution < 1.29 is 9.90 Å². The van der Waals surface area contributed by atoms with E-state index >= 15 is 0 Å². The fourth-order valence-electron chi connectivity index (χ4n) is 0.916. The van der Waals surface area contributed by atoms with Gasteiger partial charge >= 0.3 is 5.97 Å². The van der Waals surface area contributed by atoms with Gasteiger partial charge in [-0.1, -0.05) is 25.6 Å². The molecule has 0 aromatic rings. The number of hydrogen-bond donors (Lipinski definition) is 1. The molecule has 0 aromatic carbocycles. The second-order valence-corrected chi connectivity index (χ2v) is 4.49. The average molecular weight is 187 g/mol. The molecule has 4 heteroatoms. The van der Waals surface area contributed by atoms with Crippen LogP contribution in [0, 0.1) is 5.92 Å². The second kappa shape index (κ2) is 3.09. The Morgan fingerprint density at radius 1 is 1.75 bits per heavy atom. The van der Waals surface area contributed by atoms with Gasteiger partial charge in [-0.25, -0.2) is 4.79 Å². The summed E-state index contributed by atoms with van der Waals surface area (Å²) in [5.74, 6) is 0.276. The summed E-state index contributed by atoms with van der Waals surface area (Å²) < 4.78 is 0. The molecule has 0 bridgehead atoms. The fourth-order valence-corrected chi connectivity index (χ4v) is 2.14. The first kappa shape index (κ1) is 9.58. The van der Waals surface area contributed by atoms with Gasteiger partial charge in [0.05, 0.1) is 5.54 Å². The zero-order valence-corrected chi connectivity index (χ0v) is 8.31. The Morgan fingerprint density at radius 3 is 2.58 bits per heavy atom. The Labute approximate surface area is 76.3 Å². The van der Waals surface area contributed by atoms with E-state index in [9.17, 15) is 4.79 Å². The van der Waals surface area contributed by atoms with Crippen LogP contribution in [0.1, 0.15) is 20.8 Å². The normalized spacial score (nSPS) is 29.2. The van der Waals surface area contributed by atoms with Crippen molar-refractivity contribution in [1.29, 1.82) is 0 Å². The fraction of sp³-hybridized carbons (Fsp3) is 0.750. The number of aliphatic carboxylic acids is 1. The van der Waals surface area contributed by atoms with Crippen LogP contribution in [0.2, 0.25) is 0 Å². The maximum absolute atomic E-state index is 10.6. The van der Waals surface area contributed by atoms with E-state index in [4.69, 9.17) is 5.11 Å². The molecule has 1 aliphatic heterocycles. The lowest BCUT2D eigenvalue weighted by atomic mass is 9.91. The molecule has 1 rings (SSSR count). The van der Waals surface area contributed by atoms with Crippen molar-refractivity contribution in [3.63, 3.8) is 0 Å². The quantitative estimate of drug-likeness (QED) is 0.714. The molecule has 1 heterocycles. The summed E-state index contributed by atoms with van der Waals surface area (Å²) in [5, 5.41) is 8.93. The van der Waals surface area contributed by atoms with Crippen LogP contribution in [-0.2, 0) is 4.79 Å². The van der Waals surface area contributed by atoms with Crippen molar-refractivity contribution in [3.8, 4) is 0 Å². The van der Waals surface area contributed by atoms with Crippen molar-refractivity contribution in [3.05, 3.63) is 0 Å². The van der Waals surface area contributed by atoms with E-state index in [0.29, 0.717) is 5.92 Å².